The van der Waals surface area contributed by atoms with Gasteiger partial charge in [0, 0.05) is 12.7 Å². The number of nitrogens with one attached hydrogen (secondary N) is 2. The fourth-order valence-electron chi connectivity index (χ4n) is 2.51. The lowest BCUT2D eigenvalue weighted by Crippen LogP contribution is -2.28. The maximum atomic E-state index is 12.9. The number of carbonyl (C=O) groups excluding carboxylic acids is 2. The molecule has 0 saturated heterocycles. The van der Waals surface area contributed by atoms with E-state index < -0.39 is 0 Å². The first kappa shape index (κ1) is 19.2. The zero-order chi connectivity index (χ0) is 19.8. The largest absolute Gasteiger partial charge is 0.350 e. The quantitative estimate of drug-likeness (QED) is 0.662. The molecule has 0 bridgehead atoms. The average molecular weight is 378 g/mol. The summed E-state index contributed by atoms with van der Waals surface area (Å²) >= 11 is 0. The third-order valence-corrected chi connectivity index (χ3v) is 3.98. The van der Waals surface area contributed by atoms with Crippen molar-refractivity contribution in [2.45, 2.75) is 13.0 Å². The molecule has 0 aliphatic rings. The van der Waals surface area contributed by atoms with E-state index in [1.807, 2.05) is 6.07 Å². The molecule has 3 aromatic rings. The van der Waals surface area contributed by atoms with Crippen LogP contribution in [0.3, 0.4) is 0 Å². The Balaban J connectivity index is 1.53. The molecule has 1 aromatic carbocycles. The van der Waals surface area contributed by atoms with E-state index >= 15 is 0 Å². The predicted molar refractivity (Wildman–Crippen MR) is 102 cm³/mol. The number of nitrogens with zero attached hydrogens (tertiary/aromatic N) is 2. The lowest BCUT2D eigenvalue weighted by molar-refractivity contribution is 0.0942. The second-order valence-corrected chi connectivity index (χ2v) is 6.04. The standard InChI is InChI=1S/C21H19FN4O2/c22-16-9-7-15(8-10-16)11-13-24-20(27)18-5-3-6-19(26-18)21(28)25-14-17-4-1-2-12-23-17/h1-10,12H,11,13-14H2,(H,24,27)(H,25,28). The van der Waals surface area contributed by atoms with Gasteiger partial charge in [0.25, 0.3) is 11.8 Å². The van der Waals surface area contributed by atoms with Gasteiger partial charge in [0.15, 0.2) is 0 Å². The van der Waals surface area contributed by atoms with E-state index in [0.717, 1.165) is 11.3 Å². The van der Waals surface area contributed by atoms with Crippen molar-refractivity contribution in [1.29, 1.82) is 0 Å². The van der Waals surface area contributed by atoms with Crippen molar-refractivity contribution in [1.82, 2.24) is 20.6 Å². The van der Waals surface area contributed by atoms with Crippen LogP contribution in [0.15, 0.2) is 66.9 Å². The van der Waals surface area contributed by atoms with Crippen molar-refractivity contribution in [3.8, 4) is 0 Å². The zero-order valence-electron chi connectivity index (χ0n) is 15.1. The van der Waals surface area contributed by atoms with Gasteiger partial charge < -0.3 is 10.6 Å². The number of aromatic nitrogens is 2. The van der Waals surface area contributed by atoms with Gasteiger partial charge in [-0.05, 0) is 48.4 Å². The molecule has 0 fully saturated rings. The van der Waals surface area contributed by atoms with E-state index in [1.165, 1.54) is 12.1 Å². The van der Waals surface area contributed by atoms with Crippen LogP contribution in [0.1, 0.15) is 32.2 Å². The fraction of sp³-hybridized carbons (Fsp3) is 0.143. The zero-order valence-corrected chi connectivity index (χ0v) is 15.1. The van der Waals surface area contributed by atoms with E-state index in [2.05, 4.69) is 20.6 Å². The highest BCUT2D eigenvalue weighted by molar-refractivity contribution is 5.96. The summed E-state index contributed by atoms with van der Waals surface area (Å²) in [4.78, 5) is 32.8. The Labute approximate surface area is 161 Å². The maximum Gasteiger partial charge on any atom is 0.270 e. The minimum Gasteiger partial charge on any atom is -0.350 e. The lowest BCUT2D eigenvalue weighted by atomic mass is 10.1. The van der Waals surface area contributed by atoms with Gasteiger partial charge >= 0.3 is 0 Å². The minimum absolute atomic E-state index is 0.155. The minimum atomic E-state index is -0.383. The molecule has 0 saturated carbocycles. The molecule has 2 heterocycles. The van der Waals surface area contributed by atoms with Gasteiger partial charge in [-0.2, -0.15) is 0 Å². The van der Waals surface area contributed by atoms with Gasteiger partial charge in [-0.25, -0.2) is 9.37 Å². The van der Waals surface area contributed by atoms with Crippen LogP contribution < -0.4 is 10.6 Å². The molecule has 0 radical (unpaired) electrons. The van der Waals surface area contributed by atoms with E-state index in [-0.39, 0.29) is 35.6 Å². The van der Waals surface area contributed by atoms with Gasteiger partial charge in [0.2, 0.25) is 0 Å². The molecule has 2 aromatic heterocycles. The first-order valence-electron chi connectivity index (χ1n) is 8.79. The van der Waals surface area contributed by atoms with Gasteiger partial charge in [0.05, 0.1) is 12.2 Å². The Morgan fingerprint density at radius 3 is 2.25 bits per heavy atom. The first-order valence-corrected chi connectivity index (χ1v) is 8.79. The molecule has 2 N–H and O–H groups in total. The summed E-state index contributed by atoms with van der Waals surface area (Å²) in [6.07, 6.45) is 2.22. The predicted octanol–water partition coefficient (Wildman–Crippen LogP) is 2.52. The van der Waals surface area contributed by atoms with Crippen LogP contribution in [0, 0.1) is 5.82 Å². The first-order chi connectivity index (χ1) is 13.6. The molecule has 2 amide bonds. The highest BCUT2D eigenvalue weighted by Crippen LogP contribution is 2.04. The second-order valence-electron chi connectivity index (χ2n) is 6.04. The monoisotopic (exact) mass is 378 g/mol. The number of pyridine rings is 2. The molecule has 0 spiro atoms. The smallest absolute Gasteiger partial charge is 0.270 e. The van der Waals surface area contributed by atoms with Crippen molar-refractivity contribution < 1.29 is 14.0 Å². The Kier molecular flexibility index (Phi) is 6.41. The third kappa shape index (κ3) is 5.44. The van der Waals surface area contributed by atoms with Crippen LogP contribution in [0.2, 0.25) is 0 Å². The summed E-state index contributed by atoms with van der Waals surface area (Å²) in [7, 11) is 0. The van der Waals surface area contributed by atoms with E-state index in [9.17, 15) is 14.0 Å². The summed E-state index contributed by atoms with van der Waals surface area (Å²) in [6, 6.07) is 16.2. The van der Waals surface area contributed by atoms with Gasteiger partial charge in [-0.3, -0.25) is 14.6 Å². The third-order valence-electron chi connectivity index (χ3n) is 3.98. The topological polar surface area (TPSA) is 84.0 Å². The Hall–Kier alpha value is -3.61. The van der Waals surface area contributed by atoms with E-state index in [0.29, 0.717) is 13.0 Å². The van der Waals surface area contributed by atoms with Gasteiger partial charge in [-0.15, -0.1) is 0 Å². The highest BCUT2D eigenvalue weighted by Gasteiger charge is 2.12. The molecule has 0 aliphatic carbocycles. The number of benzene rings is 1. The van der Waals surface area contributed by atoms with Crippen LogP contribution in [-0.4, -0.2) is 28.3 Å². The molecular weight excluding hydrogens is 359 g/mol. The molecule has 7 heteroatoms. The number of carbonyl (C=O) groups is 2. The summed E-state index contributed by atoms with van der Waals surface area (Å²) in [5.41, 5.74) is 1.95. The van der Waals surface area contributed by atoms with Crippen LogP contribution in [0.5, 0.6) is 0 Å². The van der Waals surface area contributed by atoms with Crippen LogP contribution >= 0.6 is 0 Å². The molecule has 142 valence electrons. The van der Waals surface area contributed by atoms with Crippen LogP contribution in [-0.2, 0) is 13.0 Å². The number of hydrogen-bond donors (Lipinski definition) is 2. The normalized spacial score (nSPS) is 10.3. The number of amides is 2. The fourth-order valence-corrected chi connectivity index (χ4v) is 2.51. The Morgan fingerprint density at radius 2 is 1.57 bits per heavy atom. The maximum absolute atomic E-state index is 12.9. The molecule has 28 heavy (non-hydrogen) atoms. The molecule has 0 aliphatic heterocycles. The molecule has 6 nitrogen and oxygen atoms in total. The van der Waals surface area contributed by atoms with Gasteiger partial charge in [-0.1, -0.05) is 24.3 Å². The molecule has 0 atom stereocenters. The van der Waals surface area contributed by atoms with Crippen LogP contribution in [0.25, 0.3) is 0 Å². The van der Waals surface area contributed by atoms with Crippen molar-refractivity contribution >= 4 is 11.8 Å². The summed E-state index contributed by atoms with van der Waals surface area (Å²) in [5, 5.41) is 5.47. The Bertz CT molecular complexity index is 946. The van der Waals surface area contributed by atoms with Crippen molar-refractivity contribution in [3.05, 3.63) is 95.3 Å². The van der Waals surface area contributed by atoms with E-state index in [1.54, 1.807) is 48.7 Å². The highest BCUT2D eigenvalue weighted by atomic mass is 19.1. The van der Waals surface area contributed by atoms with Gasteiger partial charge in [0.1, 0.15) is 17.2 Å². The van der Waals surface area contributed by atoms with Crippen LogP contribution in [0.4, 0.5) is 4.39 Å². The average Bonchev–Trinajstić information content (AvgIpc) is 2.74. The summed E-state index contributed by atoms with van der Waals surface area (Å²) < 4.78 is 12.9. The number of hydrogen-bond acceptors (Lipinski definition) is 4. The Morgan fingerprint density at radius 1 is 0.857 bits per heavy atom. The molecule has 3 rings (SSSR count). The molecule has 0 unspecified atom stereocenters. The van der Waals surface area contributed by atoms with Crippen molar-refractivity contribution in [2.24, 2.45) is 0 Å². The summed E-state index contributed by atoms with van der Waals surface area (Å²) in [5.74, 6) is -1.05. The SMILES string of the molecule is O=C(NCCc1ccc(F)cc1)c1cccc(C(=O)NCc2ccccn2)n1. The second kappa shape index (κ2) is 9.36. The van der Waals surface area contributed by atoms with E-state index in [4.69, 9.17) is 0 Å². The number of halogens is 1. The van der Waals surface area contributed by atoms with Crippen molar-refractivity contribution in [2.75, 3.05) is 6.54 Å². The summed E-state index contributed by atoms with van der Waals surface area (Å²) in [6.45, 7) is 0.650. The van der Waals surface area contributed by atoms with Crippen molar-refractivity contribution in [3.63, 3.8) is 0 Å². The lowest BCUT2D eigenvalue weighted by Gasteiger charge is -2.07. The molecular formula is C21H19FN4O2. The number of rotatable bonds is 7.